The van der Waals surface area contributed by atoms with Crippen LogP contribution >= 0.6 is 0 Å². The van der Waals surface area contributed by atoms with E-state index in [1.807, 2.05) is 12.1 Å². The maximum Gasteiger partial charge on any atom is 0.162 e. The van der Waals surface area contributed by atoms with Crippen molar-refractivity contribution in [3.63, 3.8) is 0 Å². The molecule has 0 spiro atoms. The molecule has 2 N–H and O–H groups in total. The van der Waals surface area contributed by atoms with Crippen molar-refractivity contribution in [1.29, 1.82) is 0 Å². The summed E-state index contributed by atoms with van der Waals surface area (Å²) in [5, 5.41) is 9.79. The lowest BCUT2D eigenvalue weighted by Gasteiger charge is -2.32. The minimum absolute atomic E-state index is 0.553. The van der Waals surface area contributed by atoms with Gasteiger partial charge in [-0.1, -0.05) is 66.7 Å². The van der Waals surface area contributed by atoms with E-state index in [-0.39, 0.29) is 0 Å². The molecule has 1 aliphatic rings. The Bertz CT molecular complexity index is 1360. The largest absolute Gasteiger partial charge is 0.354 e. The molecule has 0 amide bonds. The average Bonchev–Trinajstić information content (AvgIpc) is 3.25. The zero-order chi connectivity index (χ0) is 20.7. The van der Waals surface area contributed by atoms with Gasteiger partial charge in [0.15, 0.2) is 11.5 Å². The quantitative estimate of drug-likeness (QED) is 0.422. The number of para-hydroxylation sites is 2. The zero-order valence-corrected chi connectivity index (χ0v) is 16.7. The van der Waals surface area contributed by atoms with Crippen molar-refractivity contribution in [1.82, 2.24) is 15.0 Å². The van der Waals surface area contributed by atoms with Gasteiger partial charge in [-0.15, -0.1) is 0 Å². The number of hydrogen-bond donors (Lipinski definition) is 2. The second-order valence-corrected chi connectivity index (χ2v) is 7.65. The van der Waals surface area contributed by atoms with Crippen LogP contribution < -0.4 is 10.6 Å². The van der Waals surface area contributed by atoms with Crippen molar-refractivity contribution in [3.8, 4) is 11.4 Å². The summed E-state index contributed by atoms with van der Waals surface area (Å²) >= 11 is 0. The van der Waals surface area contributed by atoms with Crippen molar-refractivity contribution >= 4 is 22.1 Å². The van der Waals surface area contributed by atoms with Crippen LogP contribution in [0.15, 0.2) is 104 Å². The highest BCUT2D eigenvalue weighted by Gasteiger charge is 2.39. The van der Waals surface area contributed by atoms with Crippen molar-refractivity contribution in [2.75, 3.05) is 10.6 Å². The van der Waals surface area contributed by atoms with E-state index in [0.29, 0.717) is 5.82 Å². The third-order valence-electron chi connectivity index (χ3n) is 5.80. The molecule has 0 atom stereocenters. The number of aromatic nitrogens is 3. The molecule has 0 aliphatic carbocycles. The number of nitrogens with zero attached hydrogens (tertiary/aromatic N) is 3. The molecule has 5 aromatic rings. The number of anilines is 2. The van der Waals surface area contributed by atoms with Crippen LogP contribution in [0.2, 0.25) is 0 Å². The number of benzene rings is 4. The molecule has 1 aliphatic heterocycles. The number of fused-ring (bicyclic) bond motifs is 2. The summed E-state index contributed by atoms with van der Waals surface area (Å²) < 4.78 is 0. The van der Waals surface area contributed by atoms with Crippen LogP contribution in [0.5, 0.6) is 0 Å². The molecule has 31 heavy (non-hydrogen) atoms. The zero-order valence-electron chi connectivity index (χ0n) is 16.7. The van der Waals surface area contributed by atoms with Crippen LogP contribution in [0.3, 0.4) is 0 Å². The van der Waals surface area contributed by atoms with E-state index in [2.05, 4.69) is 104 Å². The summed E-state index contributed by atoms with van der Waals surface area (Å²) in [6.45, 7) is 0. The van der Waals surface area contributed by atoms with Crippen LogP contribution in [-0.4, -0.2) is 15.0 Å². The normalized spacial score (nSPS) is 13.9. The molecular formula is C26H19N5. The third-order valence-corrected chi connectivity index (χ3v) is 5.80. The fourth-order valence-corrected chi connectivity index (χ4v) is 4.29. The first-order valence-corrected chi connectivity index (χ1v) is 10.2. The van der Waals surface area contributed by atoms with E-state index in [9.17, 15) is 0 Å². The predicted molar refractivity (Wildman–Crippen MR) is 124 cm³/mol. The SMILES string of the molecule is c1ccc(C2(c3ccc4ccc(-c5ncncn5)cc4c3)Nc3ccccc3N2)cc1. The first-order chi connectivity index (χ1) is 15.3. The Morgan fingerprint density at radius 2 is 1.26 bits per heavy atom. The van der Waals surface area contributed by atoms with Crippen LogP contribution in [0.25, 0.3) is 22.2 Å². The van der Waals surface area contributed by atoms with E-state index in [0.717, 1.165) is 33.5 Å². The standard InChI is InChI=1S/C26H19N5/c1-2-6-21(7-3-1)26(30-23-8-4-5-9-24(23)31-26)22-13-12-18-10-11-19(14-20(18)15-22)25-28-16-27-17-29-25/h1-17,30-31H. The molecule has 6 rings (SSSR count). The van der Waals surface area contributed by atoms with Gasteiger partial charge in [0.1, 0.15) is 12.7 Å². The van der Waals surface area contributed by atoms with E-state index < -0.39 is 5.66 Å². The van der Waals surface area contributed by atoms with E-state index in [1.165, 1.54) is 18.0 Å². The molecule has 2 heterocycles. The molecule has 0 saturated heterocycles. The molecule has 0 fully saturated rings. The second kappa shape index (κ2) is 6.92. The lowest BCUT2D eigenvalue weighted by atomic mass is 9.89. The van der Waals surface area contributed by atoms with E-state index in [1.54, 1.807) is 0 Å². The highest BCUT2D eigenvalue weighted by Crippen LogP contribution is 2.44. The Kier molecular flexibility index (Phi) is 3.93. The number of nitrogens with one attached hydrogen (secondary N) is 2. The van der Waals surface area contributed by atoms with E-state index >= 15 is 0 Å². The van der Waals surface area contributed by atoms with Gasteiger partial charge < -0.3 is 10.6 Å². The fourth-order valence-electron chi connectivity index (χ4n) is 4.29. The van der Waals surface area contributed by atoms with Gasteiger partial charge in [-0.3, -0.25) is 0 Å². The van der Waals surface area contributed by atoms with Crippen LogP contribution in [0.4, 0.5) is 11.4 Å². The number of rotatable bonds is 3. The first kappa shape index (κ1) is 17.6. The maximum absolute atomic E-state index is 4.30. The van der Waals surface area contributed by atoms with Gasteiger partial charge >= 0.3 is 0 Å². The van der Waals surface area contributed by atoms with Gasteiger partial charge in [-0.25, -0.2) is 15.0 Å². The Hall–Kier alpha value is -4.25. The van der Waals surface area contributed by atoms with Gasteiger partial charge in [0.2, 0.25) is 0 Å². The van der Waals surface area contributed by atoms with E-state index in [4.69, 9.17) is 0 Å². The van der Waals surface area contributed by atoms with Crippen molar-refractivity contribution in [3.05, 3.63) is 115 Å². The monoisotopic (exact) mass is 401 g/mol. The van der Waals surface area contributed by atoms with Crippen LogP contribution in [0.1, 0.15) is 11.1 Å². The Balaban J connectivity index is 1.52. The molecule has 5 nitrogen and oxygen atoms in total. The summed E-state index contributed by atoms with van der Waals surface area (Å²) in [6.07, 6.45) is 3.05. The van der Waals surface area contributed by atoms with Gasteiger partial charge in [-0.05, 0) is 35.0 Å². The molecule has 148 valence electrons. The molecule has 0 unspecified atom stereocenters. The molecule has 0 bridgehead atoms. The minimum atomic E-state index is -0.553. The van der Waals surface area contributed by atoms with Crippen LogP contribution in [-0.2, 0) is 5.66 Å². The first-order valence-electron chi connectivity index (χ1n) is 10.2. The van der Waals surface area contributed by atoms with Gasteiger partial charge in [0.25, 0.3) is 0 Å². The molecule has 0 saturated carbocycles. The molecule has 1 aromatic heterocycles. The van der Waals surface area contributed by atoms with Gasteiger partial charge in [-0.2, -0.15) is 0 Å². The smallest absolute Gasteiger partial charge is 0.162 e. The molecule has 5 heteroatoms. The summed E-state index contributed by atoms with van der Waals surface area (Å²) in [7, 11) is 0. The van der Waals surface area contributed by atoms with Crippen molar-refractivity contribution in [2.45, 2.75) is 5.66 Å². The molecule has 4 aromatic carbocycles. The average molecular weight is 401 g/mol. The van der Waals surface area contributed by atoms with Crippen LogP contribution in [0, 0.1) is 0 Å². The molecule has 0 radical (unpaired) electrons. The summed E-state index contributed by atoms with van der Waals surface area (Å²) in [6, 6.07) is 31.7. The fraction of sp³-hybridized carbons (Fsp3) is 0.0385. The highest BCUT2D eigenvalue weighted by atomic mass is 15.3. The minimum Gasteiger partial charge on any atom is -0.354 e. The Morgan fingerprint density at radius 3 is 2.00 bits per heavy atom. The summed E-state index contributed by atoms with van der Waals surface area (Å²) in [4.78, 5) is 12.5. The van der Waals surface area contributed by atoms with Crippen molar-refractivity contribution in [2.24, 2.45) is 0 Å². The second-order valence-electron chi connectivity index (χ2n) is 7.65. The van der Waals surface area contributed by atoms with Gasteiger partial charge in [0.05, 0.1) is 11.4 Å². The topological polar surface area (TPSA) is 62.7 Å². The lowest BCUT2D eigenvalue weighted by Crippen LogP contribution is -2.39. The predicted octanol–water partition coefficient (Wildman–Crippen LogP) is 5.43. The maximum atomic E-state index is 4.30. The van der Waals surface area contributed by atoms with Gasteiger partial charge in [0, 0.05) is 16.7 Å². The lowest BCUT2D eigenvalue weighted by molar-refractivity contribution is 0.705. The highest BCUT2D eigenvalue weighted by molar-refractivity contribution is 5.88. The Morgan fingerprint density at radius 1 is 0.581 bits per heavy atom. The number of hydrogen-bond acceptors (Lipinski definition) is 5. The third kappa shape index (κ3) is 2.90. The summed E-state index contributed by atoms with van der Waals surface area (Å²) in [5.74, 6) is 0.671. The molecular weight excluding hydrogens is 382 g/mol. The van der Waals surface area contributed by atoms with Crippen molar-refractivity contribution < 1.29 is 0 Å². The summed E-state index contributed by atoms with van der Waals surface area (Å²) in [5.41, 5.74) is 4.88. The Labute approximate surface area is 179 Å².